The van der Waals surface area contributed by atoms with Gasteiger partial charge in [0.1, 0.15) is 6.10 Å². The molecule has 24 heavy (non-hydrogen) atoms. The first-order chi connectivity index (χ1) is 11.8. The fraction of sp³-hybridized carbons (Fsp3) is 0.556. The lowest BCUT2D eigenvalue weighted by Crippen LogP contribution is -2.24. The average Bonchev–Trinajstić information content (AvgIpc) is 3.31. The van der Waals surface area contributed by atoms with Crippen molar-refractivity contribution in [3.05, 3.63) is 39.2 Å². The molecule has 0 aromatic carbocycles. The minimum atomic E-state index is -0.183. The van der Waals surface area contributed by atoms with Crippen LogP contribution in [0.15, 0.2) is 16.9 Å². The zero-order valence-electron chi connectivity index (χ0n) is 13.7. The van der Waals surface area contributed by atoms with Gasteiger partial charge in [-0.2, -0.15) is 0 Å². The molecule has 0 saturated carbocycles. The maximum atomic E-state index is 12.5. The van der Waals surface area contributed by atoms with Crippen molar-refractivity contribution in [2.24, 2.45) is 0 Å². The van der Waals surface area contributed by atoms with E-state index in [2.05, 4.69) is 16.4 Å². The van der Waals surface area contributed by atoms with Crippen LogP contribution in [0.4, 0.5) is 0 Å². The number of thiophene rings is 1. The largest absolute Gasteiger partial charge is 0.445 e. The molecule has 0 bridgehead atoms. The summed E-state index contributed by atoms with van der Waals surface area (Å²) in [6.07, 6.45) is 9.31. The normalized spacial score (nSPS) is 20.6. The molecule has 1 amide bonds. The molecule has 1 atom stereocenters. The van der Waals surface area contributed by atoms with Gasteiger partial charge in [0.05, 0.1) is 6.54 Å². The van der Waals surface area contributed by atoms with E-state index in [0.29, 0.717) is 24.6 Å². The van der Waals surface area contributed by atoms with Crippen molar-refractivity contribution >= 4 is 17.2 Å². The summed E-state index contributed by atoms with van der Waals surface area (Å²) in [6.45, 7) is 1.27. The Kier molecular flexibility index (Phi) is 4.67. The molecule has 0 unspecified atom stereocenters. The predicted octanol–water partition coefficient (Wildman–Crippen LogP) is 3.79. The number of hydrogen-bond acceptors (Lipinski definition) is 5. The molecule has 6 heteroatoms. The molecular formula is C18H22N2O3S. The maximum Gasteiger partial charge on any atom is 0.273 e. The molecular weight excluding hydrogens is 324 g/mol. The van der Waals surface area contributed by atoms with Crippen LogP contribution in [0.5, 0.6) is 0 Å². The number of carbonyl (C=O) groups excluding carboxylic acids is 1. The Morgan fingerprint density at radius 3 is 3.08 bits per heavy atom. The van der Waals surface area contributed by atoms with Crippen molar-refractivity contribution in [2.75, 3.05) is 6.61 Å². The monoisotopic (exact) mass is 346 g/mol. The minimum absolute atomic E-state index is 0.133. The number of rotatable bonds is 4. The summed E-state index contributed by atoms with van der Waals surface area (Å²) in [5.41, 5.74) is 1.84. The molecule has 4 rings (SSSR count). The highest BCUT2D eigenvalue weighted by Gasteiger charge is 2.28. The highest BCUT2D eigenvalue weighted by Crippen LogP contribution is 2.31. The number of aryl methyl sites for hydroxylation is 2. The highest BCUT2D eigenvalue weighted by molar-refractivity contribution is 7.12. The van der Waals surface area contributed by atoms with Gasteiger partial charge in [0, 0.05) is 16.4 Å². The molecule has 0 radical (unpaired) electrons. The Labute approximate surface area is 145 Å². The summed E-state index contributed by atoms with van der Waals surface area (Å²) in [5, 5.41) is 2.98. The summed E-state index contributed by atoms with van der Waals surface area (Å²) in [7, 11) is 0. The number of nitrogens with one attached hydrogen (secondary N) is 1. The first kappa shape index (κ1) is 15.8. The lowest BCUT2D eigenvalue weighted by molar-refractivity contribution is 0.0860. The molecule has 1 aliphatic heterocycles. The van der Waals surface area contributed by atoms with E-state index in [1.54, 1.807) is 0 Å². The van der Waals surface area contributed by atoms with Crippen molar-refractivity contribution in [2.45, 2.75) is 57.6 Å². The molecule has 0 spiro atoms. The third-order valence-corrected chi connectivity index (χ3v) is 5.99. The third-order valence-electron chi connectivity index (χ3n) is 4.75. The van der Waals surface area contributed by atoms with E-state index in [4.69, 9.17) is 9.15 Å². The van der Waals surface area contributed by atoms with Crippen molar-refractivity contribution in [3.8, 4) is 0 Å². The second kappa shape index (κ2) is 7.07. The van der Waals surface area contributed by atoms with E-state index >= 15 is 0 Å². The number of oxazole rings is 1. The van der Waals surface area contributed by atoms with E-state index in [-0.39, 0.29) is 12.0 Å². The molecule has 2 aromatic rings. The fourth-order valence-electron chi connectivity index (χ4n) is 3.51. The summed E-state index contributed by atoms with van der Waals surface area (Å²) in [4.78, 5) is 19.3. The van der Waals surface area contributed by atoms with Gasteiger partial charge in [-0.15, -0.1) is 11.3 Å². The van der Waals surface area contributed by atoms with Crippen molar-refractivity contribution in [3.63, 3.8) is 0 Å². The van der Waals surface area contributed by atoms with Gasteiger partial charge in [-0.3, -0.25) is 4.79 Å². The molecule has 1 fully saturated rings. The van der Waals surface area contributed by atoms with Gasteiger partial charge in [-0.1, -0.05) is 6.42 Å². The predicted molar refractivity (Wildman–Crippen MR) is 91.2 cm³/mol. The zero-order valence-corrected chi connectivity index (χ0v) is 14.5. The van der Waals surface area contributed by atoms with Crippen LogP contribution in [0, 0.1) is 0 Å². The number of aromatic nitrogens is 1. The number of amides is 1. The molecule has 5 nitrogen and oxygen atoms in total. The van der Waals surface area contributed by atoms with Crippen molar-refractivity contribution in [1.82, 2.24) is 10.3 Å². The van der Waals surface area contributed by atoms with Crippen LogP contribution >= 0.6 is 11.3 Å². The van der Waals surface area contributed by atoms with Crippen molar-refractivity contribution < 1.29 is 13.9 Å². The van der Waals surface area contributed by atoms with Gasteiger partial charge in [0.15, 0.2) is 17.8 Å². The highest BCUT2D eigenvalue weighted by atomic mass is 32.1. The minimum Gasteiger partial charge on any atom is -0.445 e. The van der Waals surface area contributed by atoms with E-state index in [1.807, 2.05) is 11.3 Å². The van der Waals surface area contributed by atoms with E-state index in [1.165, 1.54) is 53.8 Å². The molecule has 1 aliphatic carbocycles. The Bertz CT molecular complexity index is 692. The Morgan fingerprint density at radius 2 is 2.21 bits per heavy atom. The summed E-state index contributed by atoms with van der Waals surface area (Å²) < 4.78 is 11.0. The number of nitrogens with zero attached hydrogens (tertiary/aromatic N) is 1. The van der Waals surface area contributed by atoms with Crippen LogP contribution in [-0.2, 0) is 24.1 Å². The van der Waals surface area contributed by atoms with Gasteiger partial charge >= 0.3 is 0 Å². The van der Waals surface area contributed by atoms with Crippen LogP contribution in [0.1, 0.15) is 69.8 Å². The van der Waals surface area contributed by atoms with Gasteiger partial charge in [-0.05, 0) is 50.2 Å². The number of carbonyl (C=O) groups is 1. The smallest absolute Gasteiger partial charge is 0.273 e. The summed E-state index contributed by atoms with van der Waals surface area (Å²) in [6, 6.07) is 2.26. The first-order valence-corrected chi connectivity index (χ1v) is 9.56. The summed E-state index contributed by atoms with van der Waals surface area (Å²) >= 11 is 1.83. The van der Waals surface area contributed by atoms with Gasteiger partial charge in [-0.25, -0.2) is 4.98 Å². The molecule has 1 N–H and O–H groups in total. The second-order valence-corrected chi connectivity index (χ2v) is 7.69. The van der Waals surface area contributed by atoms with E-state index < -0.39 is 0 Å². The van der Waals surface area contributed by atoms with Crippen LogP contribution in [0.2, 0.25) is 0 Å². The molecule has 2 aliphatic rings. The molecule has 2 aromatic heterocycles. The molecule has 1 saturated heterocycles. The van der Waals surface area contributed by atoms with Gasteiger partial charge in [0.2, 0.25) is 0 Å². The maximum absolute atomic E-state index is 12.5. The standard InChI is InChI=1S/C18H22N2O3S/c21-18(16-17(23-11-20-16)14-6-4-8-22-14)19-10-13-9-12-5-2-1-3-7-15(12)24-13/h9,11,14H,1-8,10H2,(H,19,21)/t14-/m0/s1. The lowest BCUT2D eigenvalue weighted by atomic mass is 10.1. The topological polar surface area (TPSA) is 64.4 Å². The second-order valence-electron chi connectivity index (χ2n) is 6.47. The van der Waals surface area contributed by atoms with Crippen molar-refractivity contribution in [1.29, 1.82) is 0 Å². The number of hydrogen-bond donors (Lipinski definition) is 1. The fourth-order valence-corrected chi connectivity index (χ4v) is 4.71. The van der Waals surface area contributed by atoms with E-state index in [0.717, 1.165) is 12.8 Å². The molecule has 3 heterocycles. The molecule has 128 valence electrons. The first-order valence-electron chi connectivity index (χ1n) is 8.75. The van der Waals surface area contributed by atoms with Gasteiger partial charge < -0.3 is 14.5 Å². The van der Waals surface area contributed by atoms with Crippen LogP contribution in [-0.4, -0.2) is 17.5 Å². The van der Waals surface area contributed by atoms with E-state index in [9.17, 15) is 4.79 Å². The Morgan fingerprint density at radius 1 is 1.29 bits per heavy atom. The van der Waals surface area contributed by atoms with Crippen LogP contribution in [0.25, 0.3) is 0 Å². The average molecular weight is 346 g/mol. The zero-order chi connectivity index (χ0) is 16.4. The van der Waals surface area contributed by atoms with Gasteiger partial charge in [0.25, 0.3) is 5.91 Å². The lowest BCUT2D eigenvalue weighted by Gasteiger charge is -2.08. The number of fused-ring (bicyclic) bond motifs is 1. The summed E-state index contributed by atoms with van der Waals surface area (Å²) in [5.74, 6) is 0.379. The SMILES string of the molecule is O=C(NCc1cc2c(s1)CCCCC2)c1ncoc1[C@@H]1CCCO1. The Balaban J connectivity index is 1.41. The third kappa shape index (κ3) is 3.26. The van der Waals surface area contributed by atoms with Crippen LogP contribution < -0.4 is 5.32 Å². The number of ether oxygens (including phenoxy) is 1. The van der Waals surface area contributed by atoms with Crippen LogP contribution in [0.3, 0.4) is 0 Å². The Hall–Kier alpha value is -1.66. The quantitative estimate of drug-likeness (QED) is 0.856.